The van der Waals surface area contributed by atoms with Crippen molar-refractivity contribution in [1.29, 1.82) is 5.26 Å². The monoisotopic (exact) mass is 326 g/mol. The summed E-state index contributed by atoms with van der Waals surface area (Å²) < 4.78 is 37.6. The van der Waals surface area contributed by atoms with Gasteiger partial charge in [-0.15, -0.1) is 0 Å². The summed E-state index contributed by atoms with van der Waals surface area (Å²) in [6, 6.07) is 5.94. The van der Waals surface area contributed by atoms with E-state index in [9.17, 15) is 13.2 Å². The molecule has 1 atom stereocenters. The van der Waals surface area contributed by atoms with Crippen molar-refractivity contribution in [3.05, 3.63) is 27.7 Å². The number of nitrogens with one attached hydrogen (secondary N) is 1. The third-order valence-corrected chi connectivity index (χ3v) is 2.78. The Morgan fingerprint density at radius 3 is 2.59 bits per heavy atom. The van der Waals surface area contributed by atoms with Gasteiger partial charge in [-0.25, -0.2) is 0 Å². The number of benzene rings is 1. The Kier molecular flexibility index (Phi) is 4.66. The van der Waals surface area contributed by atoms with E-state index in [0.29, 0.717) is 10.7 Å². The van der Waals surface area contributed by atoms with E-state index in [1.54, 1.807) is 12.1 Å². The van der Waals surface area contributed by atoms with Crippen molar-refractivity contribution in [2.24, 2.45) is 5.92 Å². The largest absolute Gasteiger partial charge is 0.406 e. The van der Waals surface area contributed by atoms with E-state index in [4.69, 9.17) is 16.9 Å². The second-order valence-electron chi connectivity index (χ2n) is 3.23. The number of rotatable bonds is 3. The van der Waals surface area contributed by atoms with E-state index < -0.39 is 18.6 Å². The van der Waals surface area contributed by atoms with Crippen molar-refractivity contribution < 1.29 is 13.2 Å². The molecule has 0 spiro atoms. The highest BCUT2D eigenvalue weighted by Crippen LogP contribution is 2.29. The van der Waals surface area contributed by atoms with Crippen molar-refractivity contribution in [2.45, 2.75) is 6.18 Å². The van der Waals surface area contributed by atoms with E-state index in [0.717, 1.165) is 4.47 Å². The lowest BCUT2D eigenvalue weighted by atomic mass is 10.1. The molecule has 2 nitrogen and oxygen atoms in total. The highest BCUT2D eigenvalue weighted by atomic mass is 79.9. The Bertz CT molecular complexity index is 442. The van der Waals surface area contributed by atoms with Crippen LogP contribution < -0.4 is 5.32 Å². The number of alkyl halides is 3. The topological polar surface area (TPSA) is 35.8 Å². The lowest BCUT2D eigenvalue weighted by molar-refractivity contribution is -0.155. The van der Waals surface area contributed by atoms with Crippen LogP contribution in [0.2, 0.25) is 5.02 Å². The molecule has 0 amide bonds. The second kappa shape index (κ2) is 5.61. The summed E-state index contributed by atoms with van der Waals surface area (Å²) in [6.45, 7) is -0.526. The van der Waals surface area contributed by atoms with Crippen LogP contribution in [0.3, 0.4) is 0 Å². The lowest BCUT2D eigenvalue weighted by Gasteiger charge is -2.15. The number of hydrogen-bond acceptors (Lipinski definition) is 2. The third kappa shape index (κ3) is 4.10. The van der Waals surface area contributed by atoms with Crippen LogP contribution in [0.15, 0.2) is 22.7 Å². The van der Waals surface area contributed by atoms with Crippen LogP contribution in [0, 0.1) is 17.2 Å². The summed E-state index contributed by atoms with van der Waals surface area (Å²) in [6.07, 6.45) is -4.54. The Morgan fingerprint density at radius 1 is 1.47 bits per heavy atom. The van der Waals surface area contributed by atoms with E-state index >= 15 is 0 Å². The highest BCUT2D eigenvalue weighted by molar-refractivity contribution is 9.10. The molecule has 17 heavy (non-hydrogen) atoms. The van der Waals surface area contributed by atoms with Gasteiger partial charge in [0.1, 0.15) is 0 Å². The van der Waals surface area contributed by atoms with Gasteiger partial charge in [0.25, 0.3) is 0 Å². The zero-order chi connectivity index (χ0) is 13.1. The number of anilines is 1. The molecule has 1 aromatic carbocycles. The van der Waals surface area contributed by atoms with Crippen LogP contribution in [0.1, 0.15) is 0 Å². The Labute approximate surface area is 110 Å². The minimum absolute atomic E-state index is 0.290. The van der Waals surface area contributed by atoms with Crippen molar-refractivity contribution in [2.75, 3.05) is 11.9 Å². The molecule has 0 radical (unpaired) electrons. The molecule has 1 unspecified atom stereocenters. The maximum atomic E-state index is 12.3. The lowest BCUT2D eigenvalue weighted by Crippen LogP contribution is -2.28. The second-order valence-corrected chi connectivity index (χ2v) is 4.55. The number of halogens is 5. The van der Waals surface area contributed by atoms with E-state index in [-0.39, 0.29) is 0 Å². The summed E-state index contributed by atoms with van der Waals surface area (Å²) in [5, 5.41) is 11.2. The average molecular weight is 328 g/mol. The van der Waals surface area contributed by atoms with E-state index in [1.165, 1.54) is 12.1 Å². The molecule has 0 fully saturated rings. The van der Waals surface area contributed by atoms with Gasteiger partial charge in [0.2, 0.25) is 0 Å². The number of nitrogens with zero attached hydrogens (tertiary/aromatic N) is 1. The van der Waals surface area contributed by atoms with Gasteiger partial charge in [-0.1, -0.05) is 27.5 Å². The van der Waals surface area contributed by atoms with Crippen LogP contribution in [0.4, 0.5) is 18.9 Å². The normalized spacial score (nSPS) is 12.9. The summed E-state index contributed by atoms with van der Waals surface area (Å²) in [5.74, 6) is -2.05. The molecular formula is C10H7BrClF3N2. The van der Waals surface area contributed by atoms with Crippen LogP contribution in [0.5, 0.6) is 0 Å². The minimum Gasteiger partial charge on any atom is -0.382 e. The van der Waals surface area contributed by atoms with Gasteiger partial charge in [0.15, 0.2) is 5.92 Å². The molecule has 0 aliphatic carbocycles. The minimum atomic E-state index is -4.54. The molecule has 0 saturated heterocycles. The zero-order valence-electron chi connectivity index (χ0n) is 8.35. The van der Waals surface area contributed by atoms with E-state index in [1.807, 2.05) is 0 Å². The molecule has 0 aliphatic rings. The predicted octanol–water partition coefficient (Wildman–Crippen LogP) is 4.22. The fourth-order valence-corrected chi connectivity index (χ4v) is 1.82. The molecule has 0 aliphatic heterocycles. The summed E-state index contributed by atoms with van der Waals surface area (Å²) in [5.41, 5.74) is 0.361. The summed E-state index contributed by atoms with van der Waals surface area (Å²) >= 11 is 8.99. The first kappa shape index (κ1) is 14.1. The van der Waals surface area contributed by atoms with Gasteiger partial charge in [0.05, 0.1) is 16.8 Å². The van der Waals surface area contributed by atoms with Crippen molar-refractivity contribution >= 4 is 33.2 Å². The first-order chi connectivity index (χ1) is 7.84. The number of hydrogen-bond donors (Lipinski definition) is 1. The molecule has 1 aromatic rings. The van der Waals surface area contributed by atoms with E-state index in [2.05, 4.69) is 21.2 Å². The molecule has 1 N–H and O–H groups in total. The van der Waals surface area contributed by atoms with Gasteiger partial charge in [-0.3, -0.25) is 0 Å². The standard InChI is InChI=1S/C10H7BrClF3N2/c11-7-1-2-9(8(12)3-7)17-5-6(4-16)10(13,14)15/h1-3,6,17H,5H2. The van der Waals surface area contributed by atoms with Gasteiger partial charge in [0, 0.05) is 11.0 Å². The van der Waals surface area contributed by atoms with Crippen LogP contribution in [-0.4, -0.2) is 12.7 Å². The van der Waals surface area contributed by atoms with Gasteiger partial charge < -0.3 is 5.32 Å². The molecule has 92 valence electrons. The first-order valence-corrected chi connectivity index (χ1v) is 5.67. The van der Waals surface area contributed by atoms with Crippen molar-refractivity contribution in [3.63, 3.8) is 0 Å². The summed E-state index contributed by atoms with van der Waals surface area (Å²) in [4.78, 5) is 0. The maximum absolute atomic E-state index is 12.3. The average Bonchev–Trinajstić information content (AvgIpc) is 2.19. The zero-order valence-corrected chi connectivity index (χ0v) is 10.7. The van der Waals surface area contributed by atoms with Gasteiger partial charge in [-0.05, 0) is 18.2 Å². The Balaban J connectivity index is 2.71. The maximum Gasteiger partial charge on any atom is 0.406 e. The number of nitriles is 1. The SMILES string of the molecule is N#CC(CNc1ccc(Br)cc1Cl)C(F)(F)F. The molecule has 0 heterocycles. The quantitative estimate of drug-likeness (QED) is 0.902. The van der Waals surface area contributed by atoms with Crippen molar-refractivity contribution in [1.82, 2.24) is 0 Å². The fourth-order valence-electron chi connectivity index (χ4n) is 1.08. The van der Waals surface area contributed by atoms with Gasteiger partial charge >= 0.3 is 6.18 Å². The Morgan fingerprint density at radius 2 is 2.12 bits per heavy atom. The molecule has 0 saturated carbocycles. The fraction of sp³-hybridized carbons (Fsp3) is 0.300. The van der Waals surface area contributed by atoms with Crippen LogP contribution in [-0.2, 0) is 0 Å². The first-order valence-electron chi connectivity index (χ1n) is 4.50. The van der Waals surface area contributed by atoms with Crippen molar-refractivity contribution in [3.8, 4) is 6.07 Å². The third-order valence-electron chi connectivity index (χ3n) is 1.98. The predicted molar refractivity (Wildman–Crippen MR) is 62.8 cm³/mol. The Hall–Kier alpha value is -0.930. The summed E-state index contributed by atoms with van der Waals surface area (Å²) in [7, 11) is 0. The van der Waals surface area contributed by atoms with Crippen LogP contribution >= 0.6 is 27.5 Å². The smallest absolute Gasteiger partial charge is 0.382 e. The molecule has 0 aromatic heterocycles. The molecule has 1 rings (SSSR count). The van der Waals surface area contributed by atoms with Gasteiger partial charge in [-0.2, -0.15) is 18.4 Å². The molecular weight excluding hydrogens is 320 g/mol. The van der Waals surface area contributed by atoms with Crippen LogP contribution in [0.25, 0.3) is 0 Å². The molecule has 0 bridgehead atoms. The highest BCUT2D eigenvalue weighted by Gasteiger charge is 2.39. The molecule has 7 heteroatoms.